The molecule has 1 aliphatic carbocycles. The van der Waals surface area contributed by atoms with E-state index in [9.17, 15) is 4.79 Å². The average Bonchev–Trinajstić information content (AvgIpc) is 2.46. The molecular weight excluding hydrogens is 138 g/mol. The van der Waals surface area contributed by atoms with Crippen LogP contribution in [0.5, 0.6) is 0 Å². The summed E-state index contributed by atoms with van der Waals surface area (Å²) in [5.74, 6) is 0.773. The zero-order valence-corrected chi connectivity index (χ0v) is 6.68. The molecule has 2 fully saturated rings. The first-order valence-electron chi connectivity index (χ1n) is 4.54. The normalized spacial score (nSPS) is 43.5. The van der Waals surface area contributed by atoms with Gasteiger partial charge in [0.05, 0.1) is 6.04 Å². The summed E-state index contributed by atoms with van der Waals surface area (Å²) < 4.78 is 0. The minimum atomic E-state index is 0.0445. The molecular formula is C9H14NO. The Morgan fingerprint density at radius 3 is 2.82 bits per heavy atom. The average molecular weight is 152 g/mol. The molecule has 11 heavy (non-hydrogen) atoms. The molecule has 3 atom stereocenters. The highest BCUT2D eigenvalue weighted by Gasteiger charge is 2.34. The first-order chi connectivity index (χ1) is 5.40. The Balaban J connectivity index is 1.97. The fourth-order valence-electron chi connectivity index (χ4n) is 2.42. The van der Waals surface area contributed by atoms with Crippen molar-refractivity contribution in [3.8, 4) is 0 Å². The molecule has 2 heteroatoms. The molecule has 1 saturated heterocycles. The Kier molecular flexibility index (Phi) is 1.95. The van der Waals surface area contributed by atoms with E-state index in [0.717, 1.165) is 12.3 Å². The molecule has 0 unspecified atom stereocenters. The zero-order chi connectivity index (χ0) is 7.68. The minimum Gasteiger partial charge on any atom is -0.304 e. The highest BCUT2D eigenvalue weighted by Crippen LogP contribution is 2.32. The summed E-state index contributed by atoms with van der Waals surface area (Å²) >= 11 is 0. The lowest BCUT2D eigenvalue weighted by atomic mass is 9.85. The molecule has 2 aliphatic rings. The van der Waals surface area contributed by atoms with Crippen molar-refractivity contribution in [3.63, 3.8) is 0 Å². The van der Waals surface area contributed by atoms with Gasteiger partial charge in [-0.3, -0.25) is 4.79 Å². The van der Waals surface area contributed by atoms with Crippen LogP contribution in [-0.4, -0.2) is 18.4 Å². The molecule has 0 aromatic heterocycles. The van der Waals surface area contributed by atoms with Gasteiger partial charge in [-0.05, 0) is 25.2 Å². The molecule has 1 radical (unpaired) electrons. The number of fused-ring (bicyclic) bond motifs is 1. The van der Waals surface area contributed by atoms with Crippen LogP contribution in [0.3, 0.4) is 0 Å². The Hall–Kier alpha value is -0.370. The van der Waals surface area contributed by atoms with Crippen LogP contribution >= 0.6 is 0 Å². The number of rotatable bonds is 1. The molecule has 0 amide bonds. The summed E-state index contributed by atoms with van der Waals surface area (Å²) in [4.78, 5) is 10.4. The van der Waals surface area contributed by atoms with E-state index in [4.69, 9.17) is 0 Å². The Bertz CT molecular complexity index is 144. The van der Waals surface area contributed by atoms with E-state index in [1.165, 1.54) is 25.7 Å². The van der Waals surface area contributed by atoms with Crippen molar-refractivity contribution in [1.29, 1.82) is 0 Å². The van der Waals surface area contributed by atoms with Crippen LogP contribution in [0.1, 0.15) is 32.1 Å². The van der Waals surface area contributed by atoms with Crippen molar-refractivity contribution >= 4 is 6.29 Å². The topological polar surface area (TPSA) is 29.1 Å². The smallest absolute Gasteiger partial charge is 0.216 e. The Morgan fingerprint density at radius 2 is 2.09 bits per heavy atom. The summed E-state index contributed by atoms with van der Waals surface area (Å²) in [5, 5.41) is 3.32. The number of hydrogen-bond donors (Lipinski definition) is 1. The van der Waals surface area contributed by atoms with Crippen molar-refractivity contribution in [2.45, 2.75) is 44.2 Å². The minimum absolute atomic E-state index is 0.0445. The van der Waals surface area contributed by atoms with Crippen LogP contribution in [0.15, 0.2) is 0 Å². The molecule has 1 heterocycles. The predicted octanol–water partition coefficient (Wildman–Crippen LogP) is 1.02. The lowest BCUT2D eigenvalue weighted by molar-refractivity contribution is 0.326. The second-order valence-corrected chi connectivity index (χ2v) is 3.72. The third-order valence-corrected chi connectivity index (χ3v) is 3.01. The maximum absolute atomic E-state index is 10.4. The summed E-state index contributed by atoms with van der Waals surface area (Å²) in [5.41, 5.74) is 0. The number of nitrogens with one attached hydrogen (secondary N) is 1. The van der Waals surface area contributed by atoms with E-state index in [-0.39, 0.29) is 6.04 Å². The lowest BCUT2D eigenvalue weighted by Gasteiger charge is -2.24. The first kappa shape index (κ1) is 7.29. The van der Waals surface area contributed by atoms with Gasteiger partial charge < -0.3 is 5.32 Å². The van der Waals surface area contributed by atoms with E-state index in [0.29, 0.717) is 6.04 Å². The van der Waals surface area contributed by atoms with Crippen LogP contribution in [0.4, 0.5) is 0 Å². The summed E-state index contributed by atoms with van der Waals surface area (Å²) in [6, 6.07) is 0.679. The van der Waals surface area contributed by atoms with Gasteiger partial charge in [-0.2, -0.15) is 0 Å². The van der Waals surface area contributed by atoms with Crippen LogP contribution in [0.2, 0.25) is 0 Å². The molecule has 2 rings (SSSR count). The molecule has 61 valence electrons. The van der Waals surface area contributed by atoms with Gasteiger partial charge in [0.1, 0.15) is 0 Å². The van der Waals surface area contributed by atoms with E-state index >= 15 is 0 Å². The first-order valence-corrected chi connectivity index (χ1v) is 4.54. The SMILES string of the molecule is O=[C][C@@H]1C[C@@H]2CCCC[C@@H]2N1. The molecule has 1 aliphatic heterocycles. The standard InChI is InChI=1S/C9H14NO/c11-6-8-5-7-3-1-2-4-9(7)10-8/h7-10H,1-5H2/t7-,8-,9-/m0/s1. The molecule has 0 aromatic rings. The largest absolute Gasteiger partial charge is 0.304 e. The van der Waals surface area contributed by atoms with Gasteiger partial charge in [-0.15, -0.1) is 0 Å². The van der Waals surface area contributed by atoms with E-state index in [1.807, 2.05) is 0 Å². The van der Waals surface area contributed by atoms with Gasteiger partial charge in [0, 0.05) is 6.04 Å². The van der Waals surface area contributed by atoms with Crippen LogP contribution in [0, 0.1) is 5.92 Å². The highest BCUT2D eigenvalue weighted by atomic mass is 16.1. The third kappa shape index (κ3) is 1.32. The third-order valence-electron chi connectivity index (χ3n) is 3.01. The monoisotopic (exact) mass is 152 g/mol. The number of carbonyl (C=O) groups excluding carboxylic acids is 1. The Morgan fingerprint density at radius 1 is 1.27 bits per heavy atom. The van der Waals surface area contributed by atoms with Crippen LogP contribution in [0.25, 0.3) is 0 Å². The zero-order valence-electron chi connectivity index (χ0n) is 6.68. The molecule has 0 spiro atoms. The highest BCUT2D eigenvalue weighted by molar-refractivity contribution is 5.59. The summed E-state index contributed by atoms with van der Waals surface area (Å²) in [6.07, 6.45) is 8.37. The second kappa shape index (κ2) is 2.94. The molecule has 0 aromatic carbocycles. The Labute approximate surface area is 67.4 Å². The van der Waals surface area contributed by atoms with Gasteiger partial charge >= 0.3 is 0 Å². The summed E-state index contributed by atoms with van der Waals surface area (Å²) in [6.45, 7) is 0. The maximum atomic E-state index is 10.4. The van der Waals surface area contributed by atoms with Crippen molar-refractivity contribution < 1.29 is 4.79 Å². The van der Waals surface area contributed by atoms with Crippen molar-refractivity contribution in [2.24, 2.45) is 5.92 Å². The molecule has 0 bridgehead atoms. The van der Waals surface area contributed by atoms with Crippen molar-refractivity contribution in [3.05, 3.63) is 0 Å². The van der Waals surface area contributed by atoms with E-state index in [2.05, 4.69) is 11.6 Å². The van der Waals surface area contributed by atoms with E-state index in [1.54, 1.807) is 0 Å². The van der Waals surface area contributed by atoms with Gasteiger partial charge in [0.2, 0.25) is 6.29 Å². The van der Waals surface area contributed by atoms with Gasteiger partial charge in [-0.25, -0.2) is 0 Å². The van der Waals surface area contributed by atoms with Crippen molar-refractivity contribution in [1.82, 2.24) is 5.32 Å². The van der Waals surface area contributed by atoms with Crippen LogP contribution < -0.4 is 5.32 Å². The molecule has 1 N–H and O–H groups in total. The molecule has 1 saturated carbocycles. The van der Waals surface area contributed by atoms with Crippen LogP contribution in [-0.2, 0) is 4.79 Å². The van der Waals surface area contributed by atoms with Crippen molar-refractivity contribution in [2.75, 3.05) is 0 Å². The summed E-state index contributed by atoms with van der Waals surface area (Å²) in [7, 11) is 0. The van der Waals surface area contributed by atoms with E-state index < -0.39 is 0 Å². The van der Waals surface area contributed by atoms with Gasteiger partial charge in [0.15, 0.2) is 0 Å². The number of hydrogen-bond acceptors (Lipinski definition) is 2. The predicted molar refractivity (Wildman–Crippen MR) is 43.0 cm³/mol. The quantitative estimate of drug-likeness (QED) is 0.607. The second-order valence-electron chi connectivity index (χ2n) is 3.72. The van der Waals surface area contributed by atoms with Gasteiger partial charge in [-0.1, -0.05) is 12.8 Å². The fraction of sp³-hybridized carbons (Fsp3) is 0.889. The molecule has 2 nitrogen and oxygen atoms in total. The fourth-order valence-corrected chi connectivity index (χ4v) is 2.42. The maximum Gasteiger partial charge on any atom is 0.216 e. The van der Waals surface area contributed by atoms with Gasteiger partial charge in [0.25, 0.3) is 0 Å². The lowest BCUT2D eigenvalue weighted by Crippen LogP contribution is -2.33.